The Bertz CT molecular complexity index is 973. The lowest BCUT2D eigenvalue weighted by molar-refractivity contribution is 0.0520. The quantitative estimate of drug-likeness (QED) is 0.595. The topological polar surface area (TPSA) is 109 Å². The van der Waals surface area contributed by atoms with E-state index in [0.29, 0.717) is 28.9 Å². The molecule has 2 aromatic heterocycles. The third kappa shape index (κ3) is 3.79. The maximum Gasteiger partial charge on any atom is 0.357 e. The smallest absolute Gasteiger partial charge is 0.357 e. The molecule has 9 heteroatoms. The van der Waals surface area contributed by atoms with Gasteiger partial charge in [0.05, 0.1) is 38.4 Å². The summed E-state index contributed by atoms with van der Waals surface area (Å²) in [5.41, 5.74) is 7.55. The number of hydrogen-bond acceptors (Lipinski definition) is 9. The first kappa shape index (κ1) is 18.9. The third-order valence-electron chi connectivity index (χ3n) is 3.90. The van der Waals surface area contributed by atoms with Crippen LogP contribution in [0.1, 0.15) is 23.1 Å². The minimum absolute atomic E-state index is 0.263. The van der Waals surface area contributed by atoms with Crippen molar-refractivity contribution in [3.63, 3.8) is 0 Å². The highest BCUT2D eigenvalue weighted by atomic mass is 32.1. The lowest BCUT2D eigenvalue weighted by atomic mass is 10.1. The molecule has 3 N–H and O–H groups in total. The van der Waals surface area contributed by atoms with Crippen molar-refractivity contribution >= 4 is 38.9 Å². The number of pyridine rings is 1. The van der Waals surface area contributed by atoms with E-state index in [1.54, 1.807) is 32.7 Å². The summed E-state index contributed by atoms with van der Waals surface area (Å²) in [6, 6.07) is 3.71. The highest BCUT2D eigenvalue weighted by Crippen LogP contribution is 2.37. The number of fused-ring (bicyclic) bond motifs is 1. The van der Waals surface area contributed by atoms with E-state index < -0.39 is 5.97 Å². The van der Waals surface area contributed by atoms with Crippen LogP contribution < -0.4 is 20.5 Å². The molecule has 3 aromatic rings. The summed E-state index contributed by atoms with van der Waals surface area (Å²) in [7, 11) is 3.15. The number of nitrogens with one attached hydrogen (secondary N) is 1. The summed E-state index contributed by atoms with van der Waals surface area (Å²) in [6.45, 7) is 2.34. The van der Waals surface area contributed by atoms with Crippen LogP contribution in [-0.4, -0.2) is 36.8 Å². The number of hydrogen-bond donors (Lipinski definition) is 2. The van der Waals surface area contributed by atoms with Crippen LogP contribution in [-0.2, 0) is 11.3 Å². The van der Waals surface area contributed by atoms with E-state index in [-0.39, 0.29) is 12.2 Å². The van der Waals surface area contributed by atoms with Crippen molar-refractivity contribution in [1.82, 2.24) is 9.97 Å². The van der Waals surface area contributed by atoms with Crippen LogP contribution in [0.3, 0.4) is 0 Å². The molecule has 0 amide bonds. The fourth-order valence-corrected chi connectivity index (χ4v) is 3.32. The fraction of sp³-hybridized carbons (Fsp3) is 0.278. The Morgan fingerprint density at radius 1 is 1.22 bits per heavy atom. The van der Waals surface area contributed by atoms with Gasteiger partial charge in [-0.05, 0) is 19.1 Å². The molecule has 1 aromatic carbocycles. The molecule has 0 atom stereocenters. The van der Waals surface area contributed by atoms with Gasteiger partial charge < -0.3 is 25.3 Å². The molecule has 0 spiro atoms. The maximum atomic E-state index is 11.8. The molecule has 0 aliphatic rings. The molecular formula is C18H20N4O4S. The van der Waals surface area contributed by atoms with Gasteiger partial charge >= 0.3 is 5.97 Å². The van der Waals surface area contributed by atoms with Gasteiger partial charge in [0.2, 0.25) is 0 Å². The van der Waals surface area contributed by atoms with Gasteiger partial charge in [0.15, 0.2) is 22.3 Å². The van der Waals surface area contributed by atoms with E-state index in [0.717, 1.165) is 16.5 Å². The van der Waals surface area contributed by atoms with Crippen molar-refractivity contribution in [2.75, 3.05) is 26.1 Å². The number of carbonyl (C=O) groups is 1. The normalized spacial score (nSPS) is 10.7. The van der Waals surface area contributed by atoms with Crippen molar-refractivity contribution < 1.29 is 19.0 Å². The second kappa shape index (κ2) is 8.19. The van der Waals surface area contributed by atoms with Crippen LogP contribution in [0, 0.1) is 0 Å². The molecule has 0 radical (unpaired) electrons. The van der Waals surface area contributed by atoms with Crippen molar-refractivity contribution in [2.45, 2.75) is 13.5 Å². The molecule has 27 heavy (non-hydrogen) atoms. The Labute approximate surface area is 160 Å². The Balaban J connectivity index is 2.03. The predicted octanol–water partition coefficient (Wildman–Crippen LogP) is 3.09. The lowest BCUT2D eigenvalue weighted by Crippen LogP contribution is -2.05. The number of methoxy groups -OCH3 is 2. The molecule has 0 bridgehead atoms. The molecule has 0 saturated heterocycles. The monoisotopic (exact) mass is 388 g/mol. The summed E-state index contributed by atoms with van der Waals surface area (Å²) in [5.74, 6) is 0.737. The van der Waals surface area contributed by atoms with E-state index >= 15 is 0 Å². The Morgan fingerprint density at radius 2 is 1.93 bits per heavy atom. The van der Waals surface area contributed by atoms with Gasteiger partial charge in [-0.3, -0.25) is 4.98 Å². The summed E-state index contributed by atoms with van der Waals surface area (Å²) in [6.07, 6.45) is 1.68. The SMILES string of the molecule is CCOC(=O)c1csc(Nc2cnc(CN)c3cc(OC)c(OC)cc23)n1. The van der Waals surface area contributed by atoms with Gasteiger partial charge in [-0.2, -0.15) is 0 Å². The van der Waals surface area contributed by atoms with Crippen LogP contribution >= 0.6 is 11.3 Å². The molecule has 0 aliphatic heterocycles. The van der Waals surface area contributed by atoms with Crippen LogP contribution in [0.15, 0.2) is 23.7 Å². The van der Waals surface area contributed by atoms with E-state index in [4.69, 9.17) is 19.9 Å². The summed E-state index contributed by atoms with van der Waals surface area (Å²) in [5, 5.41) is 7.11. The van der Waals surface area contributed by atoms with Gasteiger partial charge in [0, 0.05) is 22.7 Å². The molecule has 0 saturated carbocycles. The average molecular weight is 388 g/mol. The Hall–Kier alpha value is -2.91. The number of nitrogens with two attached hydrogens (primary N) is 1. The van der Waals surface area contributed by atoms with Crippen molar-refractivity contribution in [2.24, 2.45) is 5.73 Å². The number of thiazole rings is 1. The second-order valence-corrected chi connectivity index (χ2v) is 6.32. The number of anilines is 2. The van der Waals surface area contributed by atoms with Crippen LogP contribution in [0.2, 0.25) is 0 Å². The Morgan fingerprint density at radius 3 is 2.56 bits per heavy atom. The van der Waals surface area contributed by atoms with Crippen LogP contribution in [0.5, 0.6) is 11.5 Å². The molecule has 142 valence electrons. The zero-order valence-electron chi connectivity index (χ0n) is 15.2. The van der Waals surface area contributed by atoms with Crippen molar-refractivity contribution in [1.29, 1.82) is 0 Å². The van der Waals surface area contributed by atoms with Gasteiger partial charge in [-0.1, -0.05) is 0 Å². The predicted molar refractivity (Wildman–Crippen MR) is 104 cm³/mol. The molecule has 8 nitrogen and oxygen atoms in total. The van der Waals surface area contributed by atoms with Crippen LogP contribution in [0.4, 0.5) is 10.8 Å². The number of aromatic nitrogens is 2. The highest BCUT2D eigenvalue weighted by molar-refractivity contribution is 7.14. The standard InChI is InChI=1S/C18H20N4O4S/c1-4-26-17(23)14-9-27-18(22-14)21-13-8-20-12(7-19)10-5-15(24-2)16(25-3)6-11(10)13/h5-6,8-9H,4,7,19H2,1-3H3,(H,21,22). The number of rotatable bonds is 7. The van der Waals surface area contributed by atoms with E-state index in [1.165, 1.54) is 11.3 Å². The first-order chi connectivity index (χ1) is 13.1. The van der Waals surface area contributed by atoms with Gasteiger partial charge in [0.1, 0.15) is 0 Å². The molecule has 3 rings (SSSR count). The summed E-state index contributed by atoms with van der Waals surface area (Å²) in [4.78, 5) is 20.5. The largest absolute Gasteiger partial charge is 0.493 e. The average Bonchev–Trinajstić information content (AvgIpc) is 3.16. The molecule has 0 unspecified atom stereocenters. The zero-order valence-corrected chi connectivity index (χ0v) is 16.1. The fourth-order valence-electron chi connectivity index (χ4n) is 2.63. The molecule has 0 aliphatic carbocycles. The van der Waals surface area contributed by atoms with E-state index in [1.807, 2.05) is 12.1 Å². The minimum atomic E-state index is -0.449. The lowest BCUT2D eigenvalue weighted by Gasteiger charge is -2.14. The zero-order chi connectivity index (χ0) is 19.4. The van der Waals surface area contributed by atoms with Gasteiger partial charge in [-0.15, -0.1) is 11.3 Å². The van der Waals surface area contributed by atoms with Gasteiger partial charge in [-0.25, -0.2) is 9.78 Å². The summed E-state index contributed by atoms with van der Waals surface area (Å²) >= 11 is 1.30. The second-order valence-electron chi connectivity index (χ2n) is 5.46. The molecule has 0 fully saturated rings. The third-order valence-corrected chi connectivity index (χ3v) is 4.66. The summed E-state index contributed by atoms with van der Waals surface area (Å²) < 4.78 is 15.8. The van der Waals surface area contributed by atoms with Crippen molar-refractivity contribution in [3.05, 3.63) is 35.1 Å². The maximum absolute atomic E-state index is 11.8. The van der Waals surface area contributed by atoms with E-state index in [2.05, 4.69) is 15.3 Å². The van der Waals surface area contributed by atoms with Crippen molar-refractivity contribution in [3.8, 4) is 11.5 Å². The number of carbonyl (C=O) groups excluding carboxylic acids is 1. The first-order valence-electron chi connectivity index (χ1n) is 8.24. The first-order valence-corrected chi connectivity index (χ1v) is 9.12. The minimum Gasteiger partial charge on any atom is -0.493 e. The van der Waals surface area contributed by atoms with Crippen LogP contribution in [0.25, 0.3) is 10.8 Å². The van der Waals surface area contributed by atoms with Gasteiger partial charge in [0.25, 0.3) is 0 Å². The molecule has 2 heterocycles. The number of ether oxygens (including phenoxy) is 3. The highest BCUT2D eigenvalue weighted by Gasteiger charge is 2.15. The number of esters is 1. The number of nitrogens with zero attached hydrogens (tertiary/aromatic N) is 2. The number of benzene rings is 1. The molecular weight excluding hydrogens is 368 g/mol. The Kier molecular flexibility index (Phi) is 5.72. The van der Waals surface area contributed by atoms with E-state index in [9.17, 15) is 4.79 Å².